The van der Waals surface area contributed by atoms with Crippen LogP contribution in [0.15, 0.2) is 18.2 Å². The maximum Gasteiger partial charge on any atom is 0.123 e. The maximum atomic E-state index is 6.32. The van der Waals surface area contributed by atoms with Gasteiger partial charge in [-0.25, -0.2) is 0 Å². The minimum absolute atomic E-state index is 0.0680. The first kappa shape index (κ1) is 15.3. The van der Waals surface area contributed by atoms with Crippen LogP contribution in [0, 0.1) is 5.41 Å². The lowest BCUT2D eigenvalue weighted by Crippen LogP contribution is -2.38. The topological polar surface area (TPSA) is 44.5 Å². The van der Waals surface area contributed by atoms with Crippen molar-refractivity contribution in [2.45, 2.75) is 32.9 Å². The molecule has 0 amide bonds. The molecule has 0 aromatic heterocycles. The highest BCUT2D eigenvalue weighted by atomic mass is 35.5. The monoisotopic (exact) mass is 271 g/mol. The van der Waals surface area contributed by atoms with Crippen LogP contribution in [0.3, 0.4) is 0 Å². The highest BCUT2D eigenvalue weighted by molar-refractivity contribution is 6.30. The number of halogens is 1. The van der Waals surface area contributed by atoms with Gasteiger partial charge in [-0.15, -0.1) is 0 Å². The SMILES string of the molecule is COc1ccc(Cl)cc1C(N)C(OC)C(C)(C)C. The van der Waals surface area contributed by atoms with Gasteiger partial charge in [0.15, 0.2) is 0 Å². The lowest BCUT2D eigenvalue weighted by atomic mass is 9.82. The first-order valence-corrected chi connectivity index (χ1v) is 6.31. The molecule has 4 heteroatoms. The molecule has 2 N–H and O–H groups in total. The first-order valence-electron chi connectivity index (χ1n) is 5.93. The second kappa shape index (κ2) is 5.91. The van der Waals surface area contributed by atoms with Crippen molar-refractivity contribution >= 4 is 11.6 Å². The van der Waals surface area contributed by atoms with Crippen LogP contribution in [0.2, 0.25) is 5.02 Å². The summed E-state index contributed by atoms with van der Waals surface area (Å²) in [4.78, 5) is 0. The average Bonchev–Trinajstić information content (AvgIpc) is 2.27. The number of rotatable bonds is 4. The first-order chi connectivity index (χ1) is 8.31. The zero-order chi connectivity index (χ0) is 13.9. The lowest BCUT2D eigenvalue weighted by Gasteiger charge is -2.34. The number of hydrogen-bond donors (Lipinski definition) is 1. The normalized spacial score (nSPS) is 15.3. The van der Waals surface area contributed by atoms with Gasteiger partial charge in [0.25, 0.3) is 0 Å². The van der Waals surface area contributed by atoms with Crippen molar-refractivity contribution in [2.24, 2.45) is 11.1 Å². The highest BCUT2D eigenvalue weighted by Crippen LogP contribution is 2.35. The van der Waals surface area contributed by atoms with Crippen LogP contribution >= 0.6 is 11.6 Å². The summed E-state index contributed by atoms with van der Waals surface area (Å²) in [5.41, 5.74) is 7.12. The molecule has 2 atom stereocenters. The van der Waals surface area contributed by atoms with Crippen molar-refractivity contribution in [3.63, 3.8) is 0 Å². The molecular formula is C14H22ClNO2. The number of benzene rings is 1. The van der Waals surface area contributed by atoms with Gasteiger partial charge in [-0.1, -0.05) is 32.4 Å². The van der Waals surface area contributed by atoms with E-state index >= 15 is 0 Å². The standard InChI is InChI=1S/C14H22ClNO2/c1-14(2,3)13(18-5)12(16)10-8-9(15)6-7-11(10)17-4/h6-8,12-13H,16H2,1-5H3. The molecule has 2 unspecified atom stereocenters. The Hall–Kier alpha value is -0.770. The van der Waals surface area contributed by atoms with E-state index in [2.05, 4.69) is 20.8 Å². The Morgan fingerprint density at radius 3 is 2.28 bits per heavy atom. The molecule has 0 fully saturated rings. The van der Waals surface area contributed by atoms with Crippen LogP contribution in [0.4, 0.5) is 0 Å². The molecule has 0 bridgehead atoms. The van der Waals surface area contributed by atoms with Gasteiger partial charge in [-0.3, -0.25) is 0 Å². The van der Waals surface area contributed by atoms with Crippen molar-refractivity contribution in [1.82, 2.24) is 0 Å². The van der Waals surface area contributed by atoms with Crippen molar-refractivity contribution < 1.29 is 9.47 Å². The molecule has 0 saturated carbocycles. The molecule has 18 heavy (non-hydrogen) atoms. The summed E-state index contributed by atoms with van der Waals surface area (Å²) in [7, 11) is 3.30. The molecule has 0 aliphatic rings. The third kappa shape index (κ3) is 3.37. The summed E-state index contributed by atoms with van der Waals surface area (Å²) in [5.74, 6) is 0.734. The summed E-state index contributed by atoms with van der Waals surface area (Å²) in [6.07, 6.45) is -0.120. The van der Waals surface area contributed by atoms with Gasteiger partial charge in [0.1, 0.15) is 5.75 Å². The van der Waals surface area contributed by atoms with E-state index in [1.807, 2.05) is 12.1 Å². The zero-order valence-corrected chi connectivity index (χ0v) is 12.4. The molecule has 0 spiro atoms. The van der Waals surface area contributed by atoms with Gasteiger partial charge in [0.05, 0.1) is 19.3 Å². The Kier molecular flexibility index (Phi) is 5.02. The molecule has 1 aromatic carbocycles. The van der Waals surface area contributed by atoms with E-state index in [0.717, 1.165) is 11.3 Å². The third-order valence-corrected chi connectivity index (χ3v) is 3.22. The van der Waals surface area contributed by atoms with E-state index in [0.29, 0.717) is 5.02 Å². The second-order valence-electron chi connectivity index (χ2n) is 5.43. The minimum atomic E-state index is -0.288. The number of methoxy groups -OCH3 is 2. The van der Waals surface area contributed by atoms with Crippen LogP contribution in [0.1, 0.15) is 32.4 Å². The lowest BCUT2D eigenvalue weighted by molar-refractivity contribution is -0.00288. The molecular weight excluding hydrogens is 250 g/mol. The molecule has 1 aromatic rings. The van der Waals surface area contributed by atoms with Gasteiger partial charge in [-0.2, -0.15) is 0 Å². The van der Waals surface area contributed by atoms with E-state index in [1.54, 1.807) is 20.3 Å². The molecule has 0 aliphatic heterocycles. The van der Waals surface area contributed by atoms with Crippen molar-refractivity contribution in [2.75, 3.05) is 14.2 Å². The summed E-state index contributed by atoms with van der Waals surface area (Å²) in [6, 6.07) is 5.16. The van der Waals surface area contributed by atoms with E-state index in [9.17, 15) is 0 Å². The van der Waals surface area contributed by atoms with Gasteiger partial charge in [-0.05, 0) is 23.6 Å². The van der Waals surface area contributed by atoms with Gasteiger partial charge >= 0.3 is 0 Å². The molecule has 0 saturated heterocycles. The Labute approximate surface area is 114 Å². The van der Waals surface area contributed by atoms with Crippen LogP contribution < -0.4 is 10.5 Å². The fourth-order valence-corrected chi connectivity index (χ4v) is 2.35. The molecule has 1 rings (SSSR count). The minimum Gasteiger partial charge on any atom is -0.496 e. The highest BCUT2D eigenvalue weighted by Gasteiger charge is 2.32. The van der Waals surface area contributed by atoms with E-state index in [-0.39, 0.29) is 17.6 Å². The van der Waals surface area contributed by atoms with E-state index in [4.69, 9.17) is 26.8 Å². The number of ether oxygens (including phenoxy) is 2. The van der Waals surface area contributed by atoms with Crippen molar-refractivity contribution in [3.05, 3.63) is 28.8 Å². The second-order valence-corrected chi connectivity index (χ2v) is 5.87. The molecule has 3 nitrogen and oxygen atoms in total. The van der Waals surface area contributed by atoms with Crippen LogP contribution in [0.5, 0.6) is 5.75 Å². The fourth-order valence-electron chi connectivity index (χ4n) is 2.17. The maximum absolute atomic E-state index is 6.32. The van der Waals surface area contributed by atoms with Crippen LogP contribution in [0.25, 0.3) is 0 Å². The molecule has 102 valence electrons. The summed E-state index contributed by atoms with van der Waals surface area (Å²) < 4.78 is 10.9. The summed E-state index contributed by atoms with van der Waals surface area (Å²) >= 11 is 6.03. The Morgan fingerprint density at radius 1 is 1.22 bits per heavy atom. The molecule has 0 aliphatic carbocycles. The van der Waals surface area contributed by atoms with Gasteiger partial charge in [0.2, 0.25) is 0 Å². The van der Waals surface area contributed by atoms with Gasteiger partial charge in [0, 0.05) is 17.7 Å². The smallest absolute Gasteiger partial charge is 0.123 e. The van der Waals surface area contributed by atoms with E-state index in [1.165, 1.54) is 0 Å². The largest absolute Gasteiger partial charge is 0.496 e. The van der Waals surface area contributed by atoms with Crippen LogP contribution in [-0.2, 0) is 4.74 Å². The van der Waals surface area contributed by atoms with Crippen LogP contribution in [-0.4, -0.2) is 20.3 Å². The predicted molar refractivity (Wildman–Crippen MR) is 75.2 cm³/mol. The summed E-state index contributed by atoms with van der Waals surface area (Å²) in [5, 5.41) is 0.644. The molecule has 0 heterocycles. The van der Waals surface area contributed by atoms with Gasteiger partial charge < -0.3 is 15.2 Å². The third-order valence-electron chi connectivity index (χ3n) is 2.98. The average molecular weight is 272 g/mol. The fraction of sp³-hybridized carbons (Fsp3) is 0.571. The van der Waals surface area contributed by atoms with E-state index < -0.39 is 0 Å². The Bertz CT molecular complexity index is 401. The molecule has 0 radical (unpaired) electrons. The van der Waals surface area contributed by atoms with Crippen molar-refractivity contribution in [3.8, 4) is 5.75 Å². The number of nitrogens with two attached hydrogens (primary N) is 1. The summed E-state index contributed by atoms with van der Waals surface area (Å²) in [6.45, 7) is 6.29. The Balaban J connectivity index is 3.16. The van der Waals surface area contributed by atoms with Crippen molar-refractivity contribution in [1.29, 1.82) is 0 Å². The zero-order valence-electron chi connectivity index (χ0n) is 11.7. The predicted octanol–water partition coefficient (Wildman–Crippen LogP) is 3.41. The number of hydrogen-bond acceptors (Lipinski definition) is 3. The quantitative estimate of drug-likeness (QED) is 0.913. The Morgan fingerprint density at radius 2 is 1.83 bits per heavy atom.